The lowest BCUT2D eigenvalue weighted by Gasteiger charge is -2.09. The molecule has 5 heteroatoms. The maximum absolute atomic E-state index is 12.1. The van der Waals surface area contributed by atoms with Crippen LogP contribution in [-0.2, 0) is 16.1 Å². The quantitative estimate of drug-likeness (QED) is 0.337. The summed E-state index contributed by atoms with van der Waals surface area (Å²) in [5.74, 6) is 0.779. The third-order valence-corrected chi connectivity index (χ3v) is 4.79. The van der Waals surface area contributed by atoms with Gasteiger partial charge in [0, 0.05) is 0 Å². The van der Waals surface area contributed by atoms with Gasteiger partial charge in [-0.1, -0.05) is 54.6 Å². The summed E-state index contributed by atoms with van der Waals surface area (Å²) in [7, 11) is 0. The smallest absolute Gasteiger partial charge is 0.363 e. The van der Waals surface area contributed by atoms with Crippen LogP contribution < -0.4 is 4.74 Å². The molecule has 0 fully saturated rings. The molecule has 4 aromatic rings. The van der Waals surface area contributed by atoms with E-state index in [9.17, 15) is 4.79 Å². The van der Waals surface area contributed by atoms with Crippen molar-refractivity contribution in [2.75, 3.05) is 0 Å². The van der Waals surface area contributed by atoms with Crippen LogP contribution in [0, 0.1) is 0 Å². The summed E-state index contributed by atoms with van der Waals surface area (Å²) in [6.45, 7) is 0.449. The average Bonchev–Trinajstić information content (AvgIpc) is 3.43. The Morgan fingerprint density at radius 1 is 0.933 bits per heavy atom. The fraction of sp³-hybridized carbons (Fsp3) is 0.0400. The Labute approximate surface area is 172 Å². The molecule has 5 rings (SSSR count). The van der Waals surface area contributed by atoms with Crippen LogP contribution in [0.1, 0.15) is 16.9 Å². The number of carbonyl (C=O) groups excluding carboxylic acids is 1. The first-order valence-corrected chi connectivity index (χ1v) is 9.52. The van der Waals surface area contributed by atoms with Crippen molar-refractivity contribution in [1.29, 1.82) is 0 Å². The van der Waals surface area contributed by atoms with Gasteiger partial charge >= 0.3 is 5.97 Å². The Hall–Kier alpha value is -4.12. The van der Waals surface area contributed by atoms with E-state index in [-0.39, 0.29) is 11.6 Å². The number of aliphatic imine (C=N–C) groups is 1. The lowest BCUT2D eigenvalue weighted by Crippen LogP contribution is -2.04. The first-order valence-electron chi connectivity index (χ1n) is 9.52. The SMILES string of the molecule is O=C1OC(c2ccco2)=NC1=Cc1cccc(OCc2cccc3ccccc23)c1. The fourth-order valence-corrected chi connectivity index (χ4v) is 3.35. The zero-order valence-electron chi connectivity index (χ0n) is 15.9. The molecule has 30 heavy (non-hydrogen) atoms. The monoisotopic (exact) mass is 395 g/mol. The standard InChI is InChI=1S/C25H17NO4/c27-25-22(26-24(30-25)23-12-5-13-28-23)15-17-6-3-10-20(14-17)29-16-19-9-4-8-18-7-1-2-11-21(18)19/h1-15H,16H2. The zero-order valence-corrected chi connectivity index (χ0v) is 15.9. The van der Waals surface area contributed by atoms with E-state index in [1.807, 2.05) is 42.5 Å². The summed E-state index contributed by atoms with van der Waals surface area (Å²) in [5, 5.41) is 2.36. The highest BCUT2D eigenvalue weighted by atomic mass is 16.6. The van der Waals surface area contributed by atoms with E-state index < -0.39 is 5.97 Å². The number of hydrogen-bond donors (Lipinski definition) is 0. The number of fused-ring (bicyclic) bond motifs is 1. The highest BCUT2D eigenvalue weighted by Crippen LogP contribution is 2.23. The molecule has 1 aromatic heterocycles. The molecule has 1 aliphatic rings. The molecule has 0 saturated carbocycles. The number of carbonyl (C=O) groups is 1. The average molecular weight is 395 g/mol. The van der Waals surface area contributed by atoms with Gasteiger partial charge in [0.05, 0.1) is 6.26 Å². The van der Waals surface area contributed by atoms with Crippen molar-refractivity contribution in [2.45, 2.75) is 6.61 Å². The van der Waals surface area contributed by atoms with E-state index >= 15 is 0 Å². The Kier molecular flexibility index (Phi) is 4.62. The maximum atomic E-state index is 12.1. The van der Waals surface area contributed by atoms with Crippen LogP contribution in [0.3, 0.4) is 0 Å². The highest BCUT2D eigenvalue weighted by Gasteiger charge is 2.25. The van der Waals surface area contributed by atoms with Crippen LogP contribution in [0.2, 0.25) is 0 Å². The van der Waals surface area contributed by atoms with Crippen LogP contribution in [0.5, 0.6) is 5.75 Å². The fourth-order valence-electron chi connectivity index (χ4n) is 3.35. The predicted octanol–water partition coefficient (Wildman–Crippen LogP) is 5.36. The first kappa shape index (κ1) is 17.9. The topological polar surface area (TPSA) is 61.0 Å². The van der Waals surface area contributed by atoms with Gasteiger partial charge in [-0.3, -0.25) is 0 Å². The van der Waals surface area contributed by atoms with Crippen LogP contribution >= 0.6 is 0 Å². The first-order chi connectivity index (χ1) is 14.8. The summed E-state index contributed by atoms with van der Waals surface area (Å²) in [5.41, 5.74) is 2.12. The number of cyclic esters (lactones) is 1. The van der Waals surface area contributed by atoms with Gasteiger partial charge in [0.2, 0.25) is 0 Å². The summed E-state index contributed by atoms with van der Waals surface area (Å²) in [6.07, 6.45) is 3.17. The second kappa shape index (κ2) is 7.72. The van der Waals surface area contributed by atoms with Gasteiger partial charge in [-0.05, 0) is 52.2 Å². The molecule has 0 atom stereocenters. The lowest BCUT2D eigenvalue weighted by molar-refractivity contribution is -0.130. The van der Waals surface area contributed by atoms with E-state index in [4.69, 9.17) is 13.9 Å². The van der Waals surface area contributed by atoms with Crippen molar-refractivity contribution < 1.29 is 18.7 Å². The Bertz CT molecular complexity index is 1280. The number of hydrogen-bond acceptors (Lipinski definition) is 5. The van der Waals surface area contributed by atoms with Gasteiger partial charge in [0.15, 0.2) is 11.5 Å². The molecule has 3 aromatic carbocycles. The molecule has 5 nitrogen and oxygen atoms in total. The Morgan fingerprint density at radius 3 is 2.70 bits per heavy atom. The molecule has 0 amide bonds. The number of rotatable bonds is 5. The number of benzene rings is 3. The molecule has 2 heterocycles. The third kappa shape index (κ3) is 3.61. The van der Waals surface area contributed by atoms with Crippen molar-refractivity contribution in [3.8, 4) is 5.75 Å². The molecule has 0 N–H and O–H groups in total. The van der Waals surface area contributed by atoms with Crippen molar-refractivity contribution in [1.82, 2.24) is 0 Å². The van der Waals surface area contributed by atoms with Gasteiger partial charge in [-0.2, -0.15) is 0 Å². The number of furan rings is 1. The predicted molar refractivity (Wildman–Crippen MR) is 114 cm³/mol. The van der Waals surface area contributed by atoms with Gasteiger partial charge in [-0.15, -0.1) is 0 Å². The molecular weight excluding hydrogens is 378 g/mol. The van der Waals surface area contributed by atoms with E-state index in [0.717, 1.165) is 11.1 Å². The summed E-state index contributed by atoms with van der Waals surface area (Å²) < 4.78 is 16.4. The van der Waals surface area contributed by atoms with E-state index in [1.54, 1.807) is 18.2 Å². The molecule has 0 spiro atoms. The summed E-state index contributed by atoms with van der Waals surface area (Å²) >= 11 is 0. The van der Waals surface area contributed by atoms with Gasteiger partial charge in [0.1, 0.15) is 12.4 Å². The van der Waals surface area contributed by atoms with Gasteiger partial charge in [0.25, 0.3) is 5.90 Å². The second-order valence-electron chi connectivity index (χ2n) is 6.81. The number of nitrogens with zero attached hydrogens (tertiary/aromatic N) is 1. The van der Waals surface area contributed by atoms with Gasteiger partial charge in [-0.25, -0.2) is 9.79 Å². The Balaban J connectivity index is 1.36. The number of esters is 1. The molecular formula is C25H17NO4. The molecule has 0 aliphatic carbocycles. The van der Waals surface area contributed by atoms with Crippen LogP contribution in [0.15, 0.2) is 100 Å². The van der Waals surface area contributed by atoms with E-state index in [0.29, 0.717) is 18.1 Å². The van der Waals surface area contributed by atoms with Gasteiger partial charge < -0.3 is 13.9 Å². The largest absolute Gasteiger partial charge is 0.489 e. The minimum absolute atomic E-state index is 0.166. The maximum Gasteiger partial charge on any atom is 0.363 e. The molecule has 0 bridgehead atoms. The summed E-state index contributed by atoms with van der Waals surface area (Å²) in [6, 6.07) is 25.3. The third-order valence-electron chi connectivity index (χ3n) is 4.79. The molecule has 0 radical (unpaired) electrons. The van der Waals surface area contributed by atoms with Crippen molar-refractivity contribution >= 4 is 28.7 Å². The number of ether oxygens (including phenoxy) is 2. The highest BCUT2D eigenvalue weighted by molar-refractivity contribution is 6.11. The molecule has 0 unspecified atom stereocenters. The molecule has 0 saturated heterocycles. The molecule has 1 aliphatic heterocycles. The zero-order chi connectivity index (χ0) is 20.3. The minimum Gasteiger partial charge on any atom is -0.489 e. The lowest BCUT2D eigenvalue weighted by atomic mass is 10.1. The molecule has 146 valence electrons. The Morgan fingerprint density at radius 2 is 1.80 bits per heavy atom. The van der Waals surface area contributed by atoms with Crippen molar-refractivity contribution in [3.05, 3.63) is 108 Å². The minimum atomic E-state index is -0.511. The van der Waals surface area contributed by atoms with Crippen LogP contribution in [-0.4, -0.2) is 11.9 Å². The van der Waals surface area contributed by atoms with E-state index in [1.165, 1.54) is 17.0 Å². The van der Waals surface area contributed by atoms with Crippen LogP contribution in [0.4, 0.5) is 0 Å². The second-order valence-corrected chi connectivity index (χ2v) is 6.81. The van der Waals surface area contributed by atoms with Crippen LogP contribution in [0.25, 0.3) is 16.8 Å². The normalized spacial score (nSPS) is 14.7. The van der Waals surface area contributed by atoms with Crippen molar-refractivity contribution in [3.63, 3.8) is 0 Å². The van der Waals surface area contributed by atoms with Crippen molar-refractivity contribution in [2.24, 2.45) is 4.99 Å². The summed E-state index contributed by atoms with van der Waals surface area (Å²) in [4.78, 5) is 16.4. The van der Waals surface area contributed by atoms with E-state index in [2.05, 4.69) is 29.3 Å².